The molecule has 0 atom stereocenters. The normalized spacial score (nSPS) is 11.2. The van der Waals surface area contributed by atoms with Gasteiger partial charge in [-0.25, -0.2) is 4.98 Å². The molecule has 0 saturated heterocycles. The minimum Gasteiger partial charge on any atom is -0.359 e. The number of para-hydroxylation sites is 2. The van der Waals surface area contributed by atoms with Crippen molar-refractivity contribution in [3.05, 3.63) is 48.3 Å². The van der Waals surface area contributed by atoms with Crippen molar-refractivity contribution in [2.24, 2.45) is 0 Å². The second kappa shape index (κ2) is 7.51. The fourth-order valence-electron chi connectivity index (χ4n) is 2.61. The quantitative estimate of drug-likeness (QED) is 0.376. The molecule has 3 aromatic rings. The van der Waals surface area contributed by atoms with E-state index in [-0.39, 0.29) is 5.78 Å². The number of aromatic amines is 1. The first kappa shape index (κ1) is 15.9. The van der Waals surface area contributed by atoms with Crippen molar-refractivity contribution in [2.45, 2.75) is 37.9 Å². The summed E-state index contributed by atoms with van der Waals surface area (Å²) >= 11 is 1.52. The molecular weight excluding hydrogens is 306 g/mol. The van der Waals surface area contributed by atoms with Crippen LogP contribution < -0.4 is 0 Å². The van der Waals surface area contributed by atoms with Crippen molar-refractivity contribution in [1.29, 1.82) is 0 Å². The number of hydrogen-bond acceptors (Lipinski definition) is 3. The molecule has 0 amide bonds. The number of Topliss-reactive ketones (excluding diaryl/α,β-unsaturated/α-hetero) is 1. The molecule has 1 aromatic carbocycles. The molecule has 120 valence electrons. The minimum atomic E-state index is 0.104. The number of rotatable bonds is 8. The first-order chi connectivity index (χ1) is 11.3. The van der Waals surface area contributed by atoms with Gasteiger partial charge in [-0.3, -0.25) is 4.79 Å². The van der Waals surface area contributed by atoms with E-state index in [2.05, 4.69) is 22.5 Å². The average Bonchev–Trinajstić information content (AvgIpc) is 3.21. The number of nitrogens with zero attached hydrogens (tertiary/aromatic N) is 2. The van der Waals surface area contributed by atoms with Crippen LogP contribution in [0, 0.1) is 0 Å². The standard InChI is InChI=1S/C18H21N3OS/c1-2-3-6-12-21-16-10-5-4-8-14(16)20-18(21)23-13-17(22)15-9-7-11-19-15/h4-5,7-11,19H,2-3,6,12-13H2,1H3. The van der Waals surface area contributed by atoms with E-state index >= 15 is 0 Å². The molecule has 2 aromatic heterocycles. The summed E-state index contributed by atoms with van der Waals surface area (Å²) in [4.78, 5) is 19.9. The van der Waals surface area contributed by atoms with Gasteiger partial charge < -0.3 is 9.55 Å². The predicted molar refractivity (Wildman–Crippen MR) is 95.1 cm³/mol. The largest absolute Gasteiger partial charge is 0.359 e. The number of hydrogen-bond donors (Lipinski definition) is 1. The maximum Gasteiger partial charge on any atom is 0.189 e. The van der Waals surface area contributed by atoms with Gasteiger partial charge in [0.1, 0.15) is 0 Å². The Bertz CT molecular complexity index is 777. The lowest BCUT2D eigenvalue weighted by atomic mass is 10.2. The second-order valence-electron chi connectivity index (χ2n) is 5.54. The summed E-state index contributed by atoms with van der Waals surface area (Å²) < 4.78 is 2.25. The van der Waals surface area contributed by atoms with Crippen LogP contribution in [-0.4, -0.2) is 26.1 Å². The van der Waals surface area contributed by atoms with E-state index in [9.17, 15) is 4.79 Å². The zero-order valence-corrected chi connectivity index (χ0v) is 14.1. The summed E-state index contributed by atoms with van der Waals surface area (Å²) in [5.74, 6) is 0.504. The molecule has 0 saturated carbocycles. The second-order valence-corrected chi connectivity index (χ2v) is 6.48. The number of imidazole rings is 1. The highest BCUT2D eigenvalue weighted by atomic mass is 32.2. The molecule has 0 aliphatic rings. The molecule has 0 spiro atoms. The Kier molecular flexibility index (Phi) is 5.18. The highest BCUT2D eigenvalue weighted by Gasteiger charge is 2.13. The van der Waals surface area contributed by atoms with Crippen molar-refractivity contribution in [1.82, 2.24) is 14.5 Å². The van der Waals surface area contributed by atoms with E-state index in [0.717, 1.165) is 29.2 Å². The number of ketones is 1. The first-order valence-corrected chi connectivity index (χ1v) is 9.03. The summed E-state index contributed by atoms with van der Waals surface area (Å²) in [6.07, 6.45) is 5.31. The van der Waals surface area contributed by atoms with Crippen LogP contribution in [0.2, 0.25) is 0 Å². The van der Waals surface area contributed by atoms with E-state index in [0.29, 0.717) is 11.4 Å². The van der Waals surface area contributed by atoms with Crippen LogP contribution in [0.25, 0.3) is 11.0 Å². The van der Waals surface area contributed by atoms with Crippen molar-refractivity contribution in [3.8, 4) is 0 Å². The molecule has 2 heterocycles. The van der Waals surface area contributed by atoms with E-state index < -0.39 is 0 Å². The van der Waals surface area contributed by atoms with Crippen molar-refractivity contribution < 1.29 is 4.79 Å². The fourth-order valence-corrected chi connectivity index (χ4v) is 3.54. The molecule has 0 aliphatic carbocycles. The van der Waals surface area contributed by atoms with Gasteiger partial charge in [0.15, 0.2) is 10.9 Å². The number of H-pyrrole nitrogens is 1. The van der Waals surface area contributed by atoms with Gasteiger partial charge in [0.05, 0.1) is 22.5 Å². The molecule has 3 rings (SSSR count). The van der Waals surface area contributed by atoms with Crippen LogP contribution >= 0.6 is 11.8 Å². The number of benzene rings is 1. The van der Waals surface area contributed by atoms with Crippen LogP contribution in [0.15, 0.2) is 47.8 Å². The number of thioether (sulfide) groups is 1. The van der Waals surface area contributed by atoms with Crippen molar-refractivity contribution in [2.75, 3.05) is 5.75 Å². The lowest BCUT2D eigenvalue weighted by molar-refractivity contribution is 0.101. The van der Waals surface area contributed by atoms with Gasteiger partial charge in [-0.15, -0.1) is 0 Å². The van der Waals surface area contributed by atoms with Gasteiger partial charge in [-0.05, 0) is 30.7 Å². The maximum atomic E-state index is 12.2. The monoisotopic (exact) mass is 327 g/mol. The van der Waals surface area contributed by atoms with Crippen LogP contribution in [0.5, 0.6) is 0 Å². The molecule has 5 heteroatoms. The zero-order chi connectivity index (χ0) is 16.1. The Hall–Kier alpha value is -2.01. The number of unbranched alkanes of at least 4 members (excludes halogenated alkanes) is 2. The Morgan fingerprint density at radius 3 is 2.87 bits per heavy atom. The number of carbonyl (C=O) groups excluding carboxylic acids is 1. The number of carbonyl (C=O) groups is 1. The lowest BCUT2D eigenvalue weighted by Gasteiger charge is -2.08. The zero-order valence-electron chi connectivity index (χ0n) is 13.3. The Morgan fingerprint density at radius 2 is 2.09 bits per heavy atom. The SMILES string of the molecule is CCCCCn1c(SCC(=O)c2ccc[nH]2)nc2ccccc21. The lowest BCUT2D eigenvalue weighted by Crippen LogP contribution is -2.05. The van der Waals surface area contributed by atoms with E-state index in [1.165, 1.54) is 24.6 Å². The summed E-state index contributed by atoms with van der Waals surface area (Å²) in [7, 11) is 0. The highest BCUT2D eigenvalue weighted by Crippen LogP contribution is 2.25. The van der Waals surface area contributed by atoms with Crippen LogP contribution in [0.4, 0.5) is 0 Å². The van der Waals surface area contributed by atoms with E-state index in [1.807, 2.05) is 30.3 Å². The smallest absolute Gasteiger partial charge is 0.189 e. The minimum absolute atomic E-state index is 0.104. The van der Waals surface area contributed by atoms with Crippen LogP contribution in [-0.2, 0) is 6.54 Å². The number of aromatic nitrogens is 3. The third-order valence-electron chi connectivity index (χ3n) is 3.84. The average molecular weight is 327 g/mol. The van der Waals surface area contributed by atoms with Crippen molar-refractivity contribution in [3.63, 3.8) is 0 Å². The molecule has 0 radical (unpaired) electrons. The summed E-state index contributed by atoms with van der Waals surface area (Å²) in [5, 5.41) is 0.933. The van der Waals surface area contributed by atoms with Gasteiger partial charge in [0, 0.05) is 12.7 Å². The third-order valence-corrected chi connectivity index (χ3v) is 4.81. The molecular formula is C18H21N3OS. The van der Waals surface area contributed by atoms with Crippen LogP contribution in [0.1, 0.15) is 36.7 Å². The van der Waals surface area contributed by atoms with E-state index in [4.69, 9.17) is 4.98 Å². The van der Waals surface area contributed by atoms with Crippen LogP contribution in [0.3, 0.4) is 0 Å². The maximum absolute atomic E-state index is 12.2. The molecule has 0 unspecified atom stereocenters. The summed E-state index contributed by atoms with van der Waals surface area (Å²) in [6, 6.07) is 11.8. The number of nitrogens with one attached hydrogen (secondary N) is 1. The molecule has 4 nitrogen and oxygen atoms in total. The molecule has 0 bridgehead atoms. The predicted octanol–water partition coefficient (Wildman–Crippen LogP) is 4.53. The third kappa shape index (κ3) is 3.67. The van der Waals surface area contributed by atoms with Gasteiger partial charge in [0.2, 0.25) is 0 Å². The first-order valence-electron chi connectivity index (χ1n) is 8.04. The van der Waals surface area contributed by atoms with Gasteiger partial charge in [0.25, 0.3) is 0 Å². The van der Waals surface area contributed by atoms with Gasteiger partial charge in [-0.2, -0.15) is 0 Å². The number of fused-ring (bicyclic) bond motifs is 1. The molecule has 0 aliphatic heterocycles. The molecule has 23 heavy (non-hydrogen) atoms. The fraction of sp³-hybridized carbons (Fsp3) is 0.333. The Balaban J connectivity index is 1.78. The molecule has 1 N–H and O–H groups in total. The molecule has 0 fully saturated rings. The Morgan fingerprint density at radius 1 is 1.22 bits per heavy atom. The summed E-state index contributed by atoms with van der Waals surface area (Å²) in [5.41, 5.74) is 2.81. The summed E-state index contributed by atoms with van der Waals surface area (Å²) in [6.45, 7) is 3.16. The van der Waals surface area contributed by atoms with Crippen molar-refractivity contribution >= 4 is 28.6 Å². The van der Waals surface area contributed by atoms with Gasteiger partial charge in [-0.1, -0.05) is 43.7 Å². The topological polar surface area (TPSA) is 50.7 Å². The highest BCUT2D eigenvalue weighted by molar-refractivity contribution is 7.99. The number of aryl methyl sites for hydroxylation is 1. The Labute approximate surface area is 140 Å². The van der Waals surface area contributed by atoms with E-state index in [1.54, 1.807) is 6.20 Å². The van der Waals surface area contributed by atoms with Gasteiger partial charge >= 0.3 is 0 Å².